The van der Waals surface area contributed by atoms with E-state index in [9.17, 15) is 0 Å². The van der Waals surface area contributed by atoms with Gasteiger partial charge in [0, 0.05) is 29.0 Å². The lowest BCUT2D eigenvalue weighted by atomic mass is 9.57. The first kappa shape index (κ1) is 29.2. The van der Waals surface area contributed by atoms with Gasteiger partial charge in [-0.15, -0.1) is 0 Å². The van der Waals surface area contributed by atoms with Gasteiger partial charge in [0.25, 0.3) is 0 Å². The van der Waals surface area contributed by atoms with E-state index in [1.54, 1.807) is 0 Å². The largest absolute Gasteiger partial charge is 0.347 e. The molecule has 1 N–H and O–H groups in total. The Morgan fingerprint density at radius 1 is 0.750 bits per heavy atom. The predicted molar refractivity (Wildman–Crippen MR) is 200 cm³/mol. The number of hydrogen-bond donors (Lipinski definition) is 1. The quantitative estimate of drug-likeness (QED) is 0.223. The lowest BCUT2D eigenvalue weighted by Gasteiger charge is -2.46. The van der Waals surface area contributed by atoms with Crippen LogP contribution in [0.15, 0.2) is 175 Å². The zero-order valence-corrected chi connectivity index (χ0v) is 27.5. The highest BCUT2D eigenvalue weighted by atomic mass is 15.4. The number of allylic oxidation sites excluding steroid dienone is 8. The molecular weight excluding hydrogens is 581 g/mol. The molecule has 5 aliphatic rings. The fourth-order valence-corrected chi connectivity index (χ4v) is 9.09. The van der Waals surface area contributed by atoms with Crippen molar-refractivity contribution in [3.05, 3.63) is 203 Å². The summed E-state index contributed by atoms with van der Waals surface area (Å²) >= 11 is 0. The van der Waals surface area contributed by atoms with E-state index in [4.69, 9.17) is 0 Å². The number of rotatable bonds is 5. The van der Waals surface area contributed by atoms with E-state index in [1.807, 2.05) is 0 Å². The maximum absolute atomic E-state index is 4.06. The van der Waals surface area contributed by atoms with Crippen molar-refractivity contribution < 1.29 is 0 Å². The molecule has 0 amide bonds. The van der Waals surface area contributed by atoms with Gasteiger partial charge in [-0.25, -0.2) is 0 Å². The molecule has 1 saturated heterocycles. The molecule has 6 atom stereocenters. The second kappa shape index (κ2) is 12.0. The maximum atomic E-state index is 4.06. The first-order valence-electron chi connectivity index (χ1n) is 17.7. The second-order valence-corrected chi connectivity index (χ2v) is 14.2. The van der Waals surface area contributed by atoms with Gasteiger partial charge < -0.3 is 4.90 Å². The zero-order valence-electron chi connectivity index (χ0n) is 27.5. The van der Waals surface area contributed by atoms with Crippen LogP contribution in [0, 0.1) is 5.41 Å². The number of nitrogens with one attached hydrogen (secondary N) is 1. The molecule has 2 nitrogen and oxygen atoms in total. The molecule has 4 aromatic carbocycles. The van der Waals surface area contributed by atoms with E-state index in [-0.39, 0.29) is 17.5 Å². The molecule has 2 heteroatoms. The standard InChI is InChI=1S/C46H42N2/c1-46-30-29-36(45-47-41-23-13-14-24-42(41)48(45)37-19-9-4-10-20-37)31-40(46)43(34-17-7-3-8-18-34)38-21-11-12-22-39(38)44(46)35-27-25-33(26-28-35)32-15-5-2-6-16-32/h2-13,15,17-23,25-32,41-42,44-45,47H,14,16,24H2,1H3. The molecule has 0 aromatic heterocycles. The van der Waals surface area contributed by atoms with Crippen molar-refractivity contribution in [1.29, 1.82) is 0 Å². The van der Waals surface area contributed by atoms with Crippen molar-refractivity contribution in [2.24, 2.45) is 5.41 Å². The lowest BCUT2D eigenvalue weighted by Crippen LogP contribution is -2.42. The molecular formula is C46H42N2. The normalized spacial score (nSPS) is 28.6. The Balaban J connectivity index is 1.21. The molecule has 0 spiro atoms. The summed E-state index contributed by atoms with van der Waals surface area (Å²) in [4.78, 5) is 2.65. The third-order valence-corrected chi connectivity index (χ3v) is 11.4. The number of anilines is 1. The van der Waals surface area contributed by atoms with E-state index in [2.05, 4.69) is 181 Å². The minimum Gasteiger partial charge on any atom is -0.347 e. The SMILES string of the molecule is CC12C=CC(C3NC4C=CCCC4N3c3ccccc3)=CC1=C(c1ccccc1)c1ccccc1C2c1ccc(C2C=CC=CC2)cc1. The zero-order chi connectivity index (χ0) is 32.1. The minimum absolute atomic E-state index is 0.0861. The van der Waals surface area contributed by atoms with Crippen molar-refractivity contribution in [3.63, 3.8) is 0 Å². The Morgan fingerprint density at radius 3 is 2.29 bits per heavy atom. The van der Waals surface area contributed by atoms with Crippen LogP contribution in [0.1, 0.15) is 65.8 Å². The van der Waals surface area contributed by atoms with Crippen LogP contribution in [0.5, 0.6) is 0 Å². The molecule has 0 saturated carbocycles. The first-order valence-corrected chi connectivity index (χ1v) is 17.7. The Hall–Kier alpha value is -4.92. The summed E-state index contributed by atoms with van der Waals surface area (Å²) < 4.78 is 0. The number of fused-ring (bicyclic) bond motifs is 3. The van der Waals surface area contributed by atoms with Crippen LogP contribution >= 0.6 is 0 Å². The van der Waals surface area contributed by atoms with Gasteiger partial charge in [0.15, 0.2) is 0 Å². The monoisotopic (exact) mass is 622 g/mol. The van der Waals surface area contributed by atoms with Gasteiger partial charge in [-0.3, -0.25) is 5.32 Å². The van der Waals surface area contributed by atoms with Crippen LogP contribution in [-0.4, -0.2) is 18.2 Å². The fraction of sp³-hybridized carbons (Fsp3) is 0.217. The number of para-hydroxylation sites is 1. The topological polar surface area (TPSA) is 15.3 Å². The number of hydrogen-bond acceptors (Lipinski definition) is 2. The molecule has 1 aliphatic heterocycles. The Kier molecular flexibility index (Phi) is 7.28. The van der Waals surface area contributed by atoms with E-state index < -0.39 is 0 Å². The van der Waals surface area contributed by atoms with Crippen molar-refractivity contribution in [2.75, 3.05) is 4.90 Å². The lowest BCUT2D eigenvalue weighted by molar-refractivity contribution is 0.445. The van der Waals surface area contributed by atoms with Crippen LogP contribution < -0.4 is 10.2 Å². The Bertz CT molecular complexity index is 2010. The highest BCUT2D eigenvalue weighted by molar-refractivity contribution is 5.90. The summed E-state index contributed by atoms with van der Waals surface area (Å²) in [6.07, 6.45) is 24.7. The molecule has 1 heterocycles. The molecule has 4 aromatic rings. The third kappa shape index (κ3) is 4.81. The van der Waals surface area contributed by atoms with Gasteiger partial charge in [-0.2, -0.15) is 0 Å². The van der Waals surface area contributed by atoms with Gasteiger partial charge in [0.1, 0.15) is 6.17 Å². The van der Waals surface area contributed by atoms with Gasteiger partial charge in [0.2, 0.25) is 0 Å². The summed E-state index contributed by atoms with van der Waals surface area (Å²) in [5.74, 6) is 0.636. The average molecular weight is 623 g/mol. The highest BCUT2D eigenvalue weighted by Crippen LogP contribution is 2.58. The van der Waals surface area contributed by atoms with Crippen molar-refractivity contribution in [3.8, 4) is 0 Å². The molecule has 6 unspecified atom stereocenters. The van der Waals surface area contributed by atoms with Crippen LogP contribution in [0.25, 0.3) is 5.57 Å². The van der Waals surface area contributed by atoms with Gasteiger partial charge in [0.05, 0.1) is 6.04 Å². The van der Waals surface area contributed by atoms with Crippen molar-refractivity contribution in [1.82, 2.24) is 5.32 Å². The number of nitrogens with zero attached hydrogens (tertiary/aromatic N) is 1. The fourth-order valence-electron chi connectivity index (χ4n) is 9.09. The third-order valence-electron chi connectivity index (χ3n) is 11.4. The summed E-state index contributed by atoms with van der Waals surface area (Å²) in [6, 6.07) is 41.5. The molecule has 0 bridgehead atoms. The number of benzene rings is 4. The van der Waals surface area contributed by atoms with E-state index in [0.717, 1.165) is 19.3 Å². The van der Waals surface area contributed by atoms with E-state index in [1.165, 1.54) is 50.2 Å². The molecule has 48 heavy (non-hydrogen) atoms. The summed E-state index contributed by atoms with van der Waals surface area (Å²) in [6.45, 7) is 2.47. The molecule has 236 valence electrons. The van der Waals surface area contributed by atoms with Crippen molar-refractivity contribution >= 4 is 11.3 Å². The molecule has 1 fully saturated rings. The Labute approximate surface area is 285 Å². The molecule has 0 radical (unpaired) electrons. The smallest absolute Gasteiger partial charge is 0.107 e. The van der Waals surface area contributed by atoms with Gasteiger partial charge in [-0.1, -0.05) is 159 Å². The Morgan fingerprint density at radius 2 is 1.50 bits per heavy atom. The van der Waals surface area contributed by atoms with Crippen LogP contribution in [0.2, 0.25) is 0 Å². The summed E-state index contributed by atoms with van der Waals surface area (Å²) in [5.41, 5.74) is 11.9. The maximum Gasteiger partial charge on any atom is 0.107 e. The summed E-state index contributed by atoms with van der Waals surface area (Å²) in [5, 5.41) is 4.06. The minimum atomic E-state index is -0.235. The van der Waals surface area contributed by atoms with E-state index >= 15 is 0 Å². The van der Waals surface area contributed by atoms with Crippen LogP contribution in [0.4, 0.5) is 5.69 Å². The average Bonchev–Trinajstić information content (AvgIpc) is 3.54. The molecule has 4 aliphatic carbocycles. The van der Waals surface area contributed by atoms with Gasteiger partial charge in [-0.05, 0) is 75.9 Å². The predicted octanol–water partition coefficient (Wildman–Crippen LogP) is 10.3. The van der Waals surface area contributed by atoms with Crippen LogP contribution in [0.3, 0.4) is 0 Å². The van der Waals surface area contributed by atoms with Crippen LogP contribution in [-0.2, 0) is 0 Å². The second-order valence-electron chi connectivity index (χ2n) is 14.2. The molecule has 9 rings (SSSR count). The summed E-state index contributed by atoms with van der Waals surface area (Å²) in [7, 11) is 0. The highest BCUT2D eigenvalue weighted by Gasteiger charge is 2.47. The first-order chi connectivity index (χ1) is 23.7. The van der Waals surface area contributed by atoms with E-state index in [0.29, 0.717) is 18.0 Å². The van der Waals surface area contributed by atoms with Crippen molar-refractivity contribution in [2.45, 2.75) is 56.3 Å². The van der Waals surface area contributed by atoms with Gasteiger partial charge >= 0.3 is 0 Å².